The molecule has 2 heteroatoms. The van der Waals surface area contributed by atoms with Gasteiger partial charge in [-0.1, -0.05) is 6.92 Å². The fourth-order valence-electron chi connectivity index (χ4n) is 3.13. The number of hydrogen-bond donors (Lipinski definition) is 1. The molecule has 82 valence electrons. The van der Waals surface area contributed by atoms with Crippen LogP contribution in [0.2, 0.25) is 0 Å². The molecule has 14 heavy (non-hydrogen) atoms. The Kier molecular flexibility index (Phi) is 2.85. The van der Waals surface area contributed by atoms with Crippen molar-refractivity contribution >= 4 is 0 Å². The standard InChI is InChI=1S/C12H24N2/c1-10(2)14-7-6-13-12(9-14)5-4-11(3)8-12/h10-11,13H,4-9H2,1-3H3. The number of piperazine rings is 1. The van der Waals surface area contributed by atoms with Gasteiger partial charge in [-0.05, 0) is 39.0 Å². The fraction of sp³-hybridized carbons (Fsp3) is 1.00. The average molecular weight is 196 g/mol. The largest absolute Gasteiger partial charge is 0.309 e. The van der Waals surface area contributed by atoms with Gasteiger partial charge in [0, 0.05) is 31.2 Å². The van der Waals surface area contributed by atoms with Gasteiger partial charge in [-0.25, -0.2) is 0 Å². The predicted molar refractivity (Wildman–Crippen MR) is 60.5 cm³/mol. The van der Waals surface area contributed by atoms with Crippen molar-refractivity contribution in [2.45, 2.75) is 51.6 Å². The highest BCUT2D eigenvalue weighted by molar-refractivity contribution is 5.00. The maximum absolute atomic E-state index is 3.77. The molecule has 1 spiro atoms. The zero-order valence-electron chi connectivity index (χ0n) is 9.84. The topological polar surface area (TPSA) is 15.3 Å². The second kappa shape index (κ2) is 3.82. The molecular weight excluding hydrogens is 172 g/mol. The Bertz CT molecular complexity index is 198. The van der Waals surface area contributed by atoms with Crippen LogP contribution in [-0.2, 0) is 0 Å². The van der Waals surface area contributed by atoms with Gasteiger partial charge in [-0.2, -0.15) is 0 Å². The molecule has 0 amide bonds. The molecule has 2 aliphatic rings. The summed E-state index contributed by atoms with van der Waals surface area (Å²) in [7, 11) is 0. The van der Waals surface area contributed by atoms with Crippen LogP contribution in [-0.4, -0.2) is 36.1 Å². The van der Waals surface area contributed by atoms with Crippen LogP contribution in [0.1, 0.15) is 40.0 Å². The molecule has 0 aromatic carbocycles. The van der Waals surface area contributed by atoms with Crippen LogP contribution >= 0.6 is 0 Å². The van der Waals surface area contributed by atoms with E-state index in [1.54, 1.807) is 0 Å². The van der Waals surface area contributed by atoms with Gasteiger partial charge in [0.25, 0.3) is 0 Å². The van der Waals surface area contributed by atoms with Gasteiger partial charge in [0.2, 0.25) is 0 Å². The molecule has 2 rings (SSSR count). The van der Waals surface area contributed by atoms with Gasteiger partial charge in [-0.3, -0.25) is 4.90 Å². The average Bonchev–Trinajstić information content (AvgIpc) is 2.47. The Hall–Kier alpha value is -0.0800. The van der Waals surface area contributed by atoms with Gasteiger partial charge in [0.15, 0.2) is 0 Å². The molecule has 0 bridgehead atoms. The lowest BCUT2D eigenvalue weighted by molar-refractivity contribution is 0.105. The summed E-state index contributed by atoms with van der Waals surface area (Å²) in [6.45, 7) is 10.7. The lowest BCUT2D eigenvalue weighted by atomic mass is 9.92. The van der Waals surface area contributed by atoms with Crippen LogP contribution in [0.25, 0.3) is 0 Å². The smallest absolute Gasteiger partial charge is 0.0312 e. The minimum atomic E-state index is 0.474. The van der Waals surface area contributed by atoms with Crippen LogP contribution in [0.15, 0.2) is 0 Å². The molecule has 2 unspecified atom stereocenters. The van der Waals surface area contributed by atoms with E-state index in [4.69, 9.17) is 0 Å². The van der Waals surface area contributed by atoms with Gasteiger partial charge in [0.1, 0.15) is 0 Å². The Balaban J connectivity index is 1.99. The molecule has 1 heterocycles. The summed E-state index contributed by atoms with van der Waals surface area (Å²) in [6, 6.07) is 0.713. The van der Waals surface area contributed by atoms with E-state index in [-0.39, 0.29) is 0 Å². The SMILES string of the molecule is CC1CCC2(C1)CN(C(C)C)CCN2. The van der Waals surface area contributed by atoms with Crippen molar-refractivity contribution in [2.75, 3.05) is 19.6 Å². The summed E-state index contributed by atoms with van der Waals surface area (Å²) in [5, 5.41) is 3.77. The quantitative estimate of drug-likeness (QED) is 0.688. The van der Waals surface area contributed by atoms with Gasteiger partial charge < -0.3 is 5.32 Å². The molecule has 1 aliphatic heterocycles. The van der Waals surface area contributed by atoms with Crippen molar-refractivity contribution in [3.63, 3.8) is 0 Å². The molecule has 0 radical (unpaired) electrons. The van der Waals surface area contributed by atoms with Crippen LogP contribution in [0.3, 0.4) is 0 Å². The zero-order valence-corrected chi connectivity index (χ0v) is 9.84. The third-order valence-corrected chi connectivity index (χ3v) is 3.99. The first kappa shape index (κ1) is 10.4. The Morgan fingerprint density at radius 1 is 1.43 bits per heavy atom. The number of rotatable bonds is 1. The first-order valence-electron chi connectivity index (χ1n) is 6.10. The van der Waals surface area contributed by atoms with E-state index < -0.39 is 0 Å². The molecule has 0 aromatic rings. The molecule has 2 fully saturated rings. The normalized spacial score (nSPS) is 39.9. The van der Waals surface area contributed by atoms with Crippen LogP contribution in [0, 0.1) is 5.92 Å². The minimum absolute atomic E-state index is 0.474. The van der Waals surface area contributed by atoms with E-state index in [1.165, 1.54) is 38.9 Å². The summed E-state index contributed by atoms with van der Waals surface area (Å²) >= 11 is 0. The molecule has 2 nitrogen and oxygen atoms in total. The van der Waals surface area contributed by atoms with Crippen molar-refractivity contribution in [3.8, 4) is 0 Å². The molecule has 1 aliphatic carbocycles. The van der Waals surface area contributed by atoms with E-state index in [0.717, 1.165) is 5.92 Å². The Morgan fingerprint density at radius 2 is 2.21 bits per heavy atom. The van der Waals surface area contributed by atoms with Gasteiger partial charge >= 0.3 is 0 Å². The second-order valence-electron chi connectivity index (χ2n) is 5.62. The number of hydrogen-bond acceptors (Lipinski definition) is 2. The highest BCUT2D eigenvalue weighted by atomic mass is 15.2. The summed E-state index contributed by atoms with van der Waals surface area (Å²) in [5.74, 6) is 0.926. The van der Waals surface area contributed by atoms with Crippen LogP contribution in [0.5, 0.6) is 0 Å². The first-order valence-corrected chi connectivity index (χ1v) is 6.10. The number of nitrogens with one attached hydrogen (secondary N) is 1. The molecule has 2 atom stereocenters. The van der Waals surface area contributed by atoms with E-state index in [2.05, 4.69) is 31.0 Å². The van der Waals surface area contributed by atoms with Crippen molar-refractivity contribution in [2.24, 2.45) is 5.92 Å². The van der Waals surface area contributed by atoms with E-state index in [1.807, 2.05) is 0 Å². The Morgan fingerprint density at radius 3 is 2.79 bits per heavy atom. The predicted octanol–water partition coefficient (Wildman–Crippen LogP) is 1.86. The molecule has 1 saturated carbocycles. The van der Waals surface area contributed by atoms with E-state index >= 15 is 0 Å². The molecular formula is C12H24N2. The number of nitrogens with zero attached hydrogens (tertiary/aromatic N) is 1. The van der Waals surface area contributed by atoms with Crippen LogP contribution in [0.4, 0.5) is 0 Å². The zero-order chi connectivity index (χ0) is 10.2. The lowest BCUT2D eigenvalue weighted by Gasteiger charge is -2.43. The second-order valence-corrected chi connectivity index (χ2v) is 5.62. The van der Waals surface area contributed by atoms with Crippen LogP contribution < -0.4 is 5.32 Å². The highest BCUT2D eigenvalue weighted by Crippen LogP contribution is 2.36. The van der Waals surface area contributed by atoms with Crippen molar-refractivity contribution in [3.05, 3.63) is 0 Å². The third-order valence-electron chi connectivity index (χ3n) is 3.99. The fourth-order valence-corrected chi connectivity index (χ4v) is 3.13. The van der Waals surface area contributed by atoms with E-state index in [9.17, 15) is 0 Å². The summed E-state index contributed by atoms with van der Waals surface area (Å²) in [4.78, 5) is 2.63. The van der Waals surface area contributed by atoms with E-state index in [0.29, 0.717) is 11.6 Å². The molecule has 1 saturated heterocycles. The lowest BCUT2D eigenvalue weighted by Crippen LogP contribution is -2.60. The monoisotopic (exact) mass is 196 g/mol. The van der Waals surface area contributed by atoms with Crippen molar-refractivity contribution in [1.29, 1.82) is 0 Å². The van der Waals surface area contributed by atoms with Crippen molar-refractivity contribution in [1.82, 2.24) is 10.2 Å². The Labute approximate surface area is 88.1 Å². The first-order chi connectivity index (χ1) is 6.61. The van der Waals surface area contributed by atoms with Gasteiger partial charge in [0.05, 0.1) is 0 Å². The molecule has 0 aromatic heterocycles. The molecule has 1 N–H and O–H groups in total. The third kappa shape index (κ3) is 1.96. The van der Waals surface area contributed by atoms with Gasteiger partial charge in [-0.15, -0.1) is 0 Å². The minimum Gasteiger partial charge on any atom is -0.309 e. The highest BCUT2D eigenvalue weighted by Gasteiger charge is 2.40. The van der Waals surface area contributed by atoms with Crippen molar-refractivity contribution < 1.29 is 0 Å². The summed E-state index contributed by atoms with van der Waals surface area (Å²) in [6.07, 6.45) is 4.19. The maximum atomic E-state index is 3.77. The summed E-state index contributed by atoms with van der Waals surface area (Å²) < 4.78 is 0. The maximum Gasteiger partial charge on any atom is 0.0312 e. The summed E-state index contributed by atoms with van der Waals surface area (Å²) in [5.41, 5.74) is 0.474.